The van der Waals surface area contributed by atoms with E-state index in [2.05, 4.69) is 5.32 Å². The van der Waals surface area contributed by atoms with Crippen molar-refractivity contribution in [1.29, 1.82) is 0 Å². The molecule has 2 amide bonds. The summed E-state index contributed by atoms with van der Waals surface area (Å²) >= 11 is 0. The van der Waals surface area contributed by atoms with Gasteiger partial charge in [0.15, 0.2) is 12.7 Å². The molecule has 1 aliphatic rings. The van der Waals surface area contributed by atoms with Crippen molar-refractivity contribution in [3.63, 3.8) is 0 Å². The average molecular weight is 408 g/mol. The van der Waals surface area contributed by atoms with Crippen LogP contribution in [0.5, 0.6) is 11.5 Å². The highest BCUT2D eigenvalue weighted by Gasteiger charge is 2.25. The molecule has 0 aliphatic carbocycles. The summed E-state index contributed by atoms with van der Waals surface area (Å²) in [5, 5.41) is 3.54. The van der Waals surface area contributed by atoms with Crippen LogP contribution in [0.1, 0.15) is 13.8 Å². The minimum Gasteiger partial charge on any atom is -0.482 e. The summed E-state index contributed by atoms with van der Waals surface area (Å²) in [6.07, 6.45) is -0.811. The first kappa shape index (κ1) is 19.5. The number of carbonyl (C=O) groups excluding carboxylic acids is 2. The number of hydrogen-bond donors (Lipinski definition) is 1. The maximum atomic E-state index is 12.6. The van der Waals surface area contributed by atoms with Gasteiger partial charge in [-0.1, -0.05) is 0 Å². The molecule has 4 rings (SSSR count). The van der Waals surface area contributed by atoms with E-state index >= 15 is 0 Å². The fourth-order valence-corrected chi connectivity index (χ4v) is 3.24. The number of rotatable bonds is 5. The number of nitrogens with zero attached hydrogens (tertiary/aromatic N) is 1. The first-order chi connectivity index (χ1) is 14.4. The zero-order valence-electron chi connectivity index (χ0n) is 16.5. The molecule has 0 saturated carbocycles. The maximum Gasteiger partial charge on any atom is 0.336 e. The molecule has 1 atom stereocenters. The van der Waals surface area contributed by atoms with Crippen LogP contribution in [0.15, 0.2) is 57.7 Å². The Kier molecular flexibility index (Phi) is 5.14. The van der Waals surface area contributed by atoms with Gasteiger partial charge in [-0.25, -0.2) is 4.79 Å². The number of carbonyl (C=O) groups is 2. The molecule has 0 bridgehead atoms. The van der Waals surface area contributed by atoms with Crippen LogP contribution in [-0.4, -0.2) is 31.1 Å². The van der Waals surface area contributed by atoms with Crippen LogP contribution in [0.3, 0.4) is 0 Å². The Balaban J connectivity index is 1.48. The summed E-state index contributed by atoms with van der Waals surface area (Å²) in [5.41, 5.74) is 1.06. The first-order valence-corrected chi connectivity index (χ1v) is 9.53. The number of fused-ring (bicyclic) bond motifs is 2. The minimum absolute atomic E-state index is 0.00327. The van der Waals surface area contributed by atoms with Gasteiger partial charge in [-0.3, -0.25) is 9.59 Å². The zero-order valence-corrected chi connectivity index (χ0v) is 16.5. The molecule has 8 heteroatoms. The van der Waals surface area contributed by atoms with Gasteiger partial charge in [-0.05, 0) is 50.2 Å². The lowest BCUT2D eigenvalue weighted by molar-refractivity contribution is -0.122. The Morgan fingerprint density at radius 2 is 1.97 bits per heavy atom. The van der Waals surface area contributed by atoms with Crippen LogP contribution < -0.4 is 25.3 Å². The van der Waals surface area contributed by atoms with E-state index < -0.39 is 11.7 Å². The van der Waals surface area contributed by atoms with Gasteiger partial charge in [0.2, 0.25) is 0 Å². The smallest absolute Gasteiger partial charge is 0.336 e. The third-order valence-corrected chi connectivity index (χ3v) is 4.76. The quantitative estimate of drug-likeness (QED) is 0.652. The topological polar surface area (TPSA) is 98.1 Å². The summed E-state index contributed by atoms with van der Waals surface area (Å²) in [6, 6.07) is 13.1. The minimum atomic E-state index is -0.811. The standard InChI is InChI=1S/C22H20N2O6/c1-3-24-17-10-15(6-8-18(17)28-12-20(24)25)23-22(27)13(2)29-16-7-4-14-5-9-21(26)30-19(14)11-16/h4-11,13H,3,12H2,1-2H3,(H,23,27). The number of ether oxygens (including phenoxy) is 2. The van der Waals surface area contributed by atoms with Gasteiger partial charge in [0.1, 0.15) is 17.1 Å². The van der Waals surface area contributed by atoms with Crippen molar-refractivity contribution >= 4 is 34.2 Å². The lowest BCUT2D eigenvalue weighted by Crippen LogP contribution is -2.38. The van der Waals surface area contributed by atoms with E-state index in [0.29, 0.717) is 35.0 Å². The van der Waals surface area contributed by atoms with E-state index in [0.717, 1.165) is 5.39 Å². The fourth-order valence-electron chi connectivity index (χ4n) is 3.24. The lowest BCUT2D eigenvalue weighted by atomic mass is 10.2. The van der Waals surface area contributed by atoms with E-state index in [1.54, 1.807) is 54.3 Å². The molecule has 0 saturated heterocycles. The Labute approximate surface area is 172 Å². The molecule has 154 valence electrons. The van der Waals surface area contributed by atoms with Gasteiger partial charge >= 0.3 is 5.63 Å². The molecule has 0 fully saturated rings. The summed E-state index contributed by atoms with van der Waals surface area (Å²) in [5.74, 6) is 0.501. The molecule has 1 aromatic heterocycles. The lowest BCUT2D eigenvalue weighted by Gasteiger charge is -2.28. The van der Waals surface area contributed by atoms with E-state index in [1.807, 2.05) is 6.92 Å². The molecule has 3 aromatic rings. The van der Waals surface area contributed by atoms with Gasteiger partial charge in [0.05, 0.1) is 5.69 Å². The normalized spacial score (nSPS) is 14.1. The van der Waals surface area contributed by atoms with Crippen LogP contribution in [0.4, 0.5) is 11.4 Å². The number of benzene rings is 2. The van der Waals surface area contributed by atoms with Crippen molar-refractivity contribution < 1.29 is 23.5 Å². The molecule has 1 N–H and O–H groups in total. The van der Waals surface area contributed by atoms with E-state index in [4.69, 9.17) is 13.9 Å². The molecule has 30 heavy (non-hydrogen) atoms. The van der Waals surface area contributed by atoms with Crippen molar-refractivity contribution in [2.75, 3.05) is 23.4 Å². The van der Waals surface area contributed by atoms with Gasteiger partial charge in [0.25, 0.3) is 11.8 Å². The SMILES string of the molecule is CCN1C(=O)COc2ccc(NC(=O)C(C)Oc3ccc4ccc(=O)oc4c3)cc21. The number of hydrogen-bond acceptors (Lipinski definition) is 6. The predicted molar refractivity (Wildman–Crippen MR) is 111 cm³/mol. The molecule has 2 aromatic carbocycles. The maximum absolute atomic E-state index is 12.6. The number of anilines is 2. The second kappa shape index (κ2) is 7.90. The van der Waals surface area contributed by atoms with Crippen molar-refractivity contribution in [2.45, 2.75) is 20.0 Å². The fraction of sp³-hybridized carbons (Fsp3) is 0.227. The van der Waals surface area contributed by atoms with E-state index in [-0.39, 0.29) is 18.4 Å². The number of nitrogens with one attached hydrogen (secondary N) is 1. The summed E-state index contributed by atoms with van der Waals surface area (Å²) < 4.78 is 16.3. The molecule has 8 nitrogen and oxygen atoms in total. The van der Waals surface area contributed by atoms with Crippen molar-refractivity contribution in [3.8, 4) is 11.5 Å². The summed E-state index contributed by atoms with van der Waals surface area (Å²) in [7, 11) is 0. The van der Waals surface area contributed by atoms with Gasteiger partial charge in [-0.2, -0.15) is 0 Å². The van der Waals surface area contributed by atoms with Crippen LogP contribution >= 0.6 is 0 Å². The van der Waals surface area contributed by atoms with Gasteiger partial charge in [-0.15, -0.1) is 0 Å². The monoisotopic (exact) mass is 408 g/mol. The van der Waals surface area contributed by atoms with Crippen molar-refractivity contribution in [3.05, 3.63) is 59.0 Å². The third kappa shape index (κ3) is 3.84. The van der Waals surface area contributed by atoms with Crippen LogP contribution in [-0.2, 0) is 9.59 Å². The molecule has 0 spiro atoms. The Morgan fingerprint density at radius 3 is 2.77 bits per heavy atom. The summed E-state index contributed by atoms with van der Waals surface area (Å²) in [6.45, 7) is 4.00. The highest BCUT2D eigenvalue weighted by Crippen LogP contribution is 2.34. The molecule has 1 unspecified atom stereocenters. The predicted octanol–water partition coefficient (Wildman–Crippen LogP) is 2.94. The third-order valence-electron chi connectivity index (χ3n) is 4.76. The Bertz CT molecular complexity index is 1190. The Hall–Kier alpha value is -3.81. The molecule has 2 heterocycles. The largest absolute Gasteiger partial charge is 0.482 e. The van der Waals surface area contributed by atoms with Gasteiger partial charge in [0, 0.05) is 29.8 Å². The second-order valence-corrected chi connectivity index (χ2v) is 6.81. The van der Waals surface area contributed by atoms with Crippen molar-refractivity contribution in [2.24, 2.45) is 0 Å². The average Bonchev–Trinajstić information content (AvgIpc) is 2.73. The molecular weight excluding hydrogens is 388 g/mol. The highest BCUT2D eigenvalue weighted by atomic mass is 16.5. The highest BCUT2D eigenvalue weighted by molar-refractivity contribution is 6.00. The zero-order chi connectivity index (χ0) is 21.3. The number of likely N-dealkylation sites (N-methyl/N-ethyl adjacent to an activating group) is 1. The number of amides is 2. The van der Waals surface area contributed by atoms with Crippen LogP contribution in [0.2, 0.25) is 0 Å². The van der Waals surface area contributed by atoms with Crippen LogP contribution in [0, 0.1) is 0 Å². The molecule has 0 radical (unpaired) electrons. The van der Waals surface area contributed by atoms with Gasteiger partial charge < -0.3 is 24.1 Å². The van der Waals surface area contributed by atoms with Crippen molar-refractivity contribution in [1.82, 2.24) is 0 Å². The first-order valence-electron chi connectivity index (χ1n) is 9.53. The van der Waals surface area contributed by atoms with Crippen LogP contribution in [0.25, 0.3) is 11.0 Å². The van der Waals surface area contributed by atoms with E-state index in [1.165, 1.54) is 6.07 Å². The second-order valence-electron chi connectivity index (χ2n) is 6.81. The Morgan fingerprint density at radius 1 is 1.17 bits per heavy atom. The van der Waals surface area contributed by atoms with E-state index in [9.17, 15) is 14.4 Å². The molecular formula is C22H20N2O6. The summed E-state index contributed by atoms with van der Waals surface area (Å²) in [4.78, 5) is 37.6. The molecule has 1 aliphatic heterocycles.